The molecule has 0 radical (unpaired) electrons. The molecule has 0 bridgehead atoms. The van der Waals surface area contributed by atoms with Gasteiger partial charge in [0.15, 0.2) is 0 Å². The van der Waals surface area contributed by atoms with Gasteiger partial charge in [0.05, 0.1) is 13.1 Å². The molecule has 0 spiro atoms. The van der Waals surface area contributed by atoms with Gasteiger partial charge < -0.3 is 15.2 Å². The van der Waals surface area contributed by atoms with E-state index in [1.807, 2.05) is 30.5 Å². The standard InChI is InChI=1S/C22H22ClN3O4/c23-19-4-1-3-18(14-19)22(29)24-10-12-30-20-13-16(15-26-11-2-9-25-26)5-6-17(20)7-8-21(27)28/h1-6,9,11,13-14H,7-8,10,12,15H2,(H,24,29)(H,27,28). The zero-order valence-electron chi connectivity index (χ0n) is 16.3. The zero-order valence-corrected chi connectivity index (χ0v) is 17.0. The summed E-state index contributed by atoms with van der Waals surface area (Å²) >= 11 is 5.91. The maximum Gasteiger partial charge on any atom is 0.303 e. The summed E-state index contributed by atoms with van der Waals surface area (Å²) in [7, 11) is 0. The Bertz CT molecular complexity index is 1010. The molecule has 30 heavy (non-hydrogen) atoms. The maximum absolute atomic E-state index is 12.2. The van der Waals surface area contributed by atoms with Gasteiger partial charge in [0.1, 0.15) is 12.4 Å². The lowest BCUT2D eigenvalue weighted by Crippen LogP contribution is -2.28. The third kappa shape index (κ3) is 6.35. The molecule has 2 aromatic carbocycles. The van der Waals surface area contributed by atoms with Crippen molar-refractivity contribution in [1.82, 2.24) is 15.1 Å². The molecule has 0 aliphatic heterocycles. The van der Waals surface area contributed by atoms with Gasteiger partial charge in [0.2, 0.25) is 0 Å². The van der Waals surface area contributed by atoms with Gasteiger partial charge >= 0.3 is 5.97 Å². The first-order valence-electron chi connectivity index (χ1n) is 9.49. The van der Waals surface area contributed by atoms with Gasteiger partial charge in [-0.1, -0.05) is 29.8 Å². The number of rotatable bonds is 10. The van der Waals surface area contributed by atoms with E-state index in [1.165, 1.54) is 0 Å². The predicted octanol–water partition coefficient (Wildman–Crippen LogP) is 3.41. The number of amides is 1. The number of hydrogen-bond donors (Lipinski definition) is 2. The molecule has 1 amide bonds. The number of ether oxygens (including phenoxy) is 1. The Balaban J connectivity index is 1.61. The molecule has 1 heterocycles. The molecule has 0 aliphatic carbocycles. The van der Waals surface area contributed by atoms with Crippen molar-refractivity contribution in [3.8, 4) is 5.75 Å². The quantitative estimate of drug-likeness (QED) is 0.483. The van der Waals surface area contributed by atoms with Crippen LogP contribution in [0.15, 0.2) is 60.9 Å². The molecular formula is C22H22ClN3O4. The van der Waals surface area contributed by atoms with E-state index in [0.717, 1.165) is 11.1 Å². The Labute approximate surface area is 179 Å². The van der Waals surface area contributed by atoms with E-state index in [9.17, 15) is 9.59 Å². The fourth-order valence-electron chi connectivity index (χ4n) is 2.92. The van der Waals surface area contributed by atoms with Gasteiger partial charge in [-0.2, -0.15) is 5.10 Å². The lowest BCUT2D eigenvalue weighted by molar-refractivity contribution is -0.136. The molecule has 2 N–H and O–H groups in total. The normalized spacial score (nSPS) is 10.6. The van der Waals surface area contributed by atoms with Crippen LogP contribution in [0.1, 0.15) is 27.9 Å². The van der Waals surface area contributed by atoms with Crippen LogP contribution in [0.3, 0.4) is 0 Å². The molecule has 0 aliphatic rings. The minimum atomic E-state index is -0.865. The van der Waals surface area contributed by atoms with E-state index in [2.05, 4.69) is 10.4 Å². The monoisotopic (exact) mass is 427 g/mol. The summed E-state index contributed by atoms with van der Waals surface area (Å²) in [5.74, 6) is -0.493. The summed E-state index contributed by atoms with van der Waals surface area (Å²) in [5.41, 5.74) is 2.27. The van der Waals surface area contributed by atoms with Crippen molar-refractivity contribution < 1.29 is 19.4 Å². The minimum Gasteiger partial charge on any atom is -0.491 e. The fraction of sp³-hybridized carbons (Fsp3) is 0.227. The van der Waals surface area contributed by atoms with Crippen LogP contribution in [0.4, 0.5) is 0 Å². The molecule has 8 heteroatoms. The van der Waals surface area contributed by atoms with Crippen LogP contribution in [0.5, 0.6) is 5.75 Å². The van der Waals surface area contributed by atoms with E-state index in [0.29, 0.717) is 35.8 Å². The molecule has 1 aromatic heterocycles. The fourth-order valence-corrected chi connectivity index (χ4v) is 3.11. The number of aryl methyl sites for hydroxylation is 1. The average molecular weight is 428 g/mol. The highest BCUT2D eigenvalue weighted by Gasteiger charge is 2.10. The van der Waals surface area contributed by atoms with Gasteiger partial charge in [-0.15, -0.1) is 0 Å². The van der Waals surface area contributed by atoms with Crippen molar-refractivity contribution in [1.29, 1.82) is 0 Å². The molecule has 0 saturated carbocycles. The molecule has 0 unspecified atom stereocenters. The summed E-state index contributed by atoms with van der Waals surface area (Å²) < 4.78 is 7.67. The van der Waals surface area contributed by atoms with Crippen molar-refractivity contribution in [3.63, 3.8) is 0 Å². The second kappa shape index (κ2) is 10.5. The van der Waals surface area contributed by atoms with Crippen molar-refractivity contribution in [2.24, 2.45) is 0 Å². The number of nitrogens with one attached hydrogen (secondary N) is 1. The third-order valence-electron chi connectivity index (χ3n) is 4.38. The summed E-state index contributed by atoms with van der Waals surface area (Å²) in [4.78, 5) is 23.1. The molecule has 3 rings (SSSR count). The lowest BCUT2D eigenvalue weighted by atomic mass is 10.1. The second-order valence-corrected chi connectivity index (χ2v) is 7.09. The van der Waals surface area contributed by atoms with Crippen LogP contribution in [-0.2, 0) is 17.8 Å². The molecule has 0 atom stereocenters. The van der Waals surface area contributed by atoms with E-state index < -0.39 is 5.97 Å². The number of benzene rings is 2. The van der Waals surface area contributed by atoms with Gasteiger partial charge in [0, 0.05) is 29.4 Å². The highest BCUT2D eigenvalue weighted by atomic mass is 35.5. The van der Waals surface area contributed by atoms with Crippen molar-refractivity contribution in [3.05, 3.63) is 82.6 Å². The molecular weight excluding hydrogens is 406 g/mol. The van der Waals surface area contributed by atoms with Crippen LogP contribution in [-0.4, -0.2) is 39.9 Å². The minimum absolute atomic E-state index is 0.0143. The van der Waals surface area contributed by atoms with Crippen molar-refractivity contribution >= 4 is 23.5 Å². The van der Waals surface area contributed by atoms with E-state index in [-0.39, 0.29) is 18.9 Å². The maximum atomic E-state index is 12.2. The van der Waals surface area contributed by atoms with Crippen LogP contribution < -0.4 is 10.1 Å². The molecule has 0 fully saturated rings. The van der Waals surface area contributed by atoms with E-state index in [4.69, 9.17) is 21.4 Å². The Morgan fingerprint density at radius 3 is 2.77 bits per heavy atom. The summed E-state index contributed by atoms with van der Waals surface area (Å²) in [6.45, 7) is 1.12. The number of hydrogen-bond acceptors (Lipinski definition) is 4. The number of carboxylic acid groups (broad SMARTS) is 1. The summed E-state index contributed by atoms with van der Waals surface area (Å²) in [6.07, 6.45) is 3.95. The van der Waals surface area contributed by atoms with E-state index >= 15 is 0 Å². The zero-order chi connectivity index (χ0) is 21.3. The summed E-state index contributed by atoms with van der Waals surface area (Å²) in [5, 5.41) is 16.5. The van der Waals surface area contributed by atoms with Crippen molar-refractivity contribution in [2.45, 2.75) is 19.4 Å². The SMILES string of the molecule is O=C(O)CCc1ccc(Cn2cccn2)cc1OCCNC(=O)c1cccc(Cl)c1. The first-order chi connectivity index (χ1) is 14.5. The summed E-state index contributed by atoms with van der Waals surface area (Å²) in [6, 6.07) is 14.3. The average Bonchev–Trinajstić information content (AvgIpc) is 3.23. The molecule has 7 nitrogen and oxygen atoms in total. The number of nitrogens with zero attached hydrogens (tertiary/aromatic N) is 2. The highest BCUT2D eigenvalue weighted by Crippen LogP contribution is 2.23. The Morgan fingerprint density at radius 2 is 2.03 bits per heavy atom. The lowest BCUT2D eigenvalue weighted by Gasteiger charge is -2.14. The van der Waals surface area contributed by atoms with Crippen LogP contribution in [0.2, 0.25) is 5.02 Å². The molecule has 3 aromatic rings. The first-order valence-corrected chi connectivity index (χ1v) is 9.86. The van der Waals surface area contributed by atoms with Crippen LogP contribution in [0, 0.1) is 0 Å². The molecule has 0 saturated heterocycles. The van der Waals surface area contributed by atoms with Gasteiger partial charge in [-0.3, -0.25) is 14.3 Å². The number of carbonyl (C=O) groups is 2. The Kier molecular flexibility index (Phi) is 7.45. The van der Waals surface area contributed by atoms with Crippen molar-refractivity contribution in [2.75, 3.05) is 13.2 Å². The highest BCUT2D eigenvalue weighted by molar-refractivity contribution is 6.30. The molecule has 156 valence electrons. The topological polar surface area (TPSA) is 93.4 Å². The first kappa shape index (κ1) is 21.4. The van der Waals surface area contributed by atoms with Gasteiger partial charge in [0.25, 0.3) is 5.91 Å². The predicted molar refractivity (Wildman–Crippen MR) is 113 cm³/mol. The second-order valence-electron chi connectivity index (χ2n) is 6.65. The number of halogens is 1. The number of carbonyl (C=O) groups excluding carboxylic acids is 1. The number of aromatic nitrogens is 2. The van der Waals surface area contributed by atoms with E-state index in [1.54, 1.807) is 35.1 Å². The third-order valence-corrected chi connectivity index (χ3v) is 4.61. The number of carboxylic acids is 1. The number of aliphatic carboxylic acids is 1. The van der Waals surface area contributed by atoms with Crippen LogP contribution >= 0.6 is 11.6 Å². The van der Waals surface area contributed by atoms with Gasteiger partial charge in [-0.25, -0.2) is 0 Å². The van der Waals surface area contributed by atoms with Gasteiger partial charge in [-0.05, 0) is 47.9 Å². The Hall–Kier alpha value is -3.32. The van der Waals surface area contributed by atoms with Crippen LogP contribution in [0.25, 0.3) is 0 Å². The smallest absolute Gasteiger partial charge is 0.303 e. The Morgan fingerprint density at radius 1 is 1.17 bits per heavy atom. The largest absolute Gasteiger partial charge is 0.491 e.